The van der Waals surface area contributed by atoms with Crippen molar-refractivity contribution in [3.05, 3.63) is 0 Å². The first-order chi connectivity index (χ1) is 5.26. The van der Waals surface area contributed by atoms with Gasteiger partial charge in [0, 0.05) is 3.42 Å². The number of rotatable bonds is 1. The van der Waals surface area contributed by atoms with E-state index >= 15 is 0 Å². The second kappa shape index (κ2) is 2.90. The topological polar surface area (TPSA) is 0 Å². The molecule has 11 heavy (non-hydrogen) atoms. The molecule has 1 heteroatoms. The molecule has 0 saturated heterocycles. The lowest BCUT2D eigenvalue weighted by Gasteiger charge is -2.54. The highest BCUT2D eigenvalue weighted by molar-refractivity contribution is 14.1. The molecule has 0 amide bonds. The van der Waals surface area contributed by atoms with Crippen LogP contribution in [0.4, 0.5) is 0 Å². The Balaban J connectivity index is 2.00. The largest absolute Gasteiger partial charge is 0.0786 e. The van der Waals surface area contributed by atoms with Crippen LogP contribution in [-0.2, 0) is 0 Å². The predicted octanol–water partition coefficient (Wildman–Crippen LogP) is 3.78. The second-order valence-corrected chi connectivity index (χ2v) is 6.39. The van der Waals surface area contributed by atoms with Gasteiger partial charge in [-0.05, 0) is 31.1 Å². The van der Waals surface area contributed by atoms with E-state index in [0.717, 1.165) is 15.3 Å². The van der Waals surface area contributed by atoms with Crippen molar-refractivity contribution < 1.29 is 0 Å². The van der Waals surface area contributed by atoms with E-state index in [1.807, 2.05) is 0 Å². The van der Waals surface area contributed by atoms with Crippen LogP contribution in [0.5, 0.6) is 0 Å². The summed E-state index contributed by atoms with van der Waals surface area (Å²) in [4.78, 5) is 0. The molecule has 0 unspecified atom stereocenters. The van der Waals surface area contributed by atoms with Crippen molar-refractivity contribution in [2.45, 2.75) is 48.9 Å². The zero-order valence-electron chi connectivity index (χ0n) is 7.28. The van der Waals surface area contributed by atoms with Gasteiger partial charge in [0.25, 0.3) is 0 Å². The van der Waals surface area contributed by atoms with Crippen molar-refractivity contribution in [2.75, 3.05) is 0 Å². The monoisotopic (exact) mass is 264 g/mol. The van der Waals surface area contributed by atoms with Crippen molar-refractivity contribution in [1.29, 1.82) is 0 Å². The van der Waals surface area contributed by atoms with Gasteiger partial charge in [-0.15, -0.1) is 0 Å². The molecule has 0 heterocycles. The van der Waals surface area contributed by atoms with Gasteiger partial charge in [-0.3, -0.25) is 0 Å². The minimum atomic E-state index is 0.725. The Morgan fingerprint density at radius 3 is 2.73 bits per heavy atom. The molecule has 0 bridgehead atoms. The molecule has 2 aliphatic carbocycles. The fraction of sp³-hybridized carbons (Fsp3) is 1.00. The van der Waals surface area contributed by atoms with Crippen molar-refractivity contribution in [1.82, 2.24) is 0 Å². The van der Waals surface area contributed by atoms with Crippen molar-refractivity contribution in [3.63, 3.8) is 0 Å². The maximum Gasteiger partial charge on any atom is 0.0253 e. The molecule has 2 fully saturated rings. The summed E-state index contributed by atoms with van der Waals surface area (Å²) in [6, 6.07) is 0. The summed E-state index contributed by atoms with van der Waals surface area (Å²) < 4.78 is 0.725. The smallest absolute Gasteiger partial charge is 0.0253 e. The van der Waals surface area contributed by atoms with E-state index in [2.05, 4.69) is 29.5 Å². The van der Waals surface area contributed by atoms with Crippen LogP contribution in [0.15, 0.2) is 0 Å². The van der Waals surface area contributed by atoms with Crippen LogP contribution < -0.4 is 0 Å². The highest BCUT2D eigenvalue weighted by Gasteiger charge is 2.50. The van der Waals surface area contributed by atoms with E-state index in [-0.39, 0.29) is 0 Å². The zero-order chi connectivity index (χ0) is 7.90. The van der Waals surface area contributed by atoms with Crippen molar-refractivity contribution >= 4 is 22.6 Å². The first-order valence-corrected chi connectivity index (χ1v) is 6.03. The number of hydrogen-bond acceptors (Lipinski definition) is 0. The van der Waals surface area contributed by atoms with Crippen LogP contribution in [0.1, 0.15) is 45.4 Å². The third-order valence-electron chi connectivity index (χ3n) is 3.76. The van der Waals surface area contributed by atoms with Gasteiger partial charge >= 0.3 is 0 Å². The molecular weight excluding hydrogens is 247 g/mol. The Morgan fingerprint density at radius 2 is 2.09 bits per heavy atom. The van der Waals surface area contributed by atoms with E-state index in [4.69, 9.17) is 0 Å². The Morgan fingerprint density at radius 1 is 1.36 bits per heavy atom. The summed E-state index contributed by atoms with van der Waals surface area (Å²) in [5, 5.41) is 0. The van der Waals surface area contributed by atoms with Gasteiger partial charge in [0.1, 0.15) is 0 Å². The van der Waals surface area contributed by atoms with Crippen LogP contribution in [0.25, 0.3) is 0 Å². The minimum absolute atomic E-state index is 0.725. The summed E-state index contributed by atoms with van der Waals surface area (Å²) >= 11 is 2.72. The number of alkyl halides is 1. The minimum Gasteiger partial charge on any atom is -0.0786 e. The summed E-state index contributed by atoms with van der Waals surface area (Å²) in [7, 11) is 0. The molecule has 0 aromatic rings. The molecule has 0 aliphatic heterocycles. The molecule has 0 aromatic carbocycles. The standard InChI is InChI=1S/C10H17I/c1-2-10(11)7-8-5-3-4-6-9(8)10/h8-9H,2-7H2,1H3/t8-,9-,10+/m1/s1. The highest BCUT2D eigenvalue weighted by atomic mass is 127. The Bertz CT molecular complexity index is 155. The molecule has 64 valence electrons. The summed E-state index contributed by atoms with van der Waals surface area (Å²) in [6.07, 6.45) is 9.00. The fourth-order valence-electron chi connectivity index (χ4n) is 2.97. The second-order valence-electron chi connectivity index (χ2n) is 4.24. The third kappa shape index (κ3) is 1.24. The quantitative estimate of drug-likeness (QED) is 0.499. The Hall–Kier alpha value is 0.730. The van der Waals surface area contributed by atoms with Crippen molar-refractivity contribution in [2.24, 2.45) is 11.8 Å². The van der Waals surface area contributed by atoms with E-state index in [9.17, 15) is 0 Å². The Kier molecular flexibility index (Phi) is 2.19. The predicted molar refractivity (Wildman–Crippen MR) is 57.1 cm³/mol. The molecule has 0 radical (unpaired) electrons. The summed E-state index contributed by atoms with van der Waals surface area (Å²) in [5.74, 6) is 2.22. The first-order valence-electron chi connectivity index (χ1n) is 4.95. The van der Waals surface area contributed by atoms with Crippen LogP contribution in [-0.4, -0.2) is 3.42 Å². The van der Waals surface area contributed by atoms with Gasteiger partial charge in [-0.25, -0.2) is 0 Å². The highest BCUT2D eigenvalue weighted by Crippen LogP contribution is 2.58. The maximum absolute atomic E-state index is 2.72. The van der Waals surface area contributed by atoms with E-state index in [0.29, 0.717) is 0 Å². The summed E-state index contributed by atoms with van der Waals surface area (Å²) in [6.45, 7) is 2.36. The molecular formula is C10H17I. The Labute approximate surface area is 83.3 Å². The molecule has 0 nitrogen and oxygen atoms in total. The first kappa shape index (κ1) is 8.33. The molecule has 0 spiro atoms. The van der Waals surface area contributed by atoms with Gasteiger partial charge in [0.15, 0.2) is 0 Å². The van der Waals surface area contributed by atoms with E-state index in [1.165, 1.54) is 38.5 Å². The normalized spacial score (nSPS) is 49.6. The van der Waals surface area contributed by atoms with Gasteiger partial charge in [0.05, 0.1) is 0 Å². The molecule has 0 aromatic heterocycles. The van der Waals surface area contributed by atoms with Crippen LogP contribution in [0.2, 0.25) is 0 Å². The van der Waals surface area contributed by atoms with Gasteiger partial charge in [-0.2, -0.15) is 0 Å². The molecule has 2 aliphatic rings. The van der Waals surface area contributed by atoms with E-state index in [1.54, 1.807) is 0 Å². The van der Waals surface area contributed by atoms with Gasteiger partial charge in [0.2, 0.25) is 0 Å². The van der Waals surface area contributed by atoms with Crippen LogP contribution in [0.3, 0.4) is 0 Å². The fourth-order valence-corrected chi connectivity index (χ4v) is 4.35. The number of hydrogen-bond donors (Lipinski definition) is 0. The van der Waals surface area contributed by atoms with Crippen LogP contribution in [0, 0.1) is 11.8 Å². The molecule has 2 rings (SSSR count). The average molecular weight is 264 g/mol. The zero-order valence-corrected chi connectivity index (χ0v) is 9.43. The number of halogens is 1. The molecule has 3 atom stereocenters. The average Bonchev–Trinajstić information content (AvgIpc) is 2.02. The molecule has 0 N–H and O–H groups in total. The van der Waals surface area contributed by atoms with Crippen molar-refractivity contribution in [3.8, 4) is 0 Å². The van der Waals surface area contributed by atoms with Gasteiger partial charge < -0.3 is 0 Å². The van der Waals surface area contributed by atoms with E-state index < -0.39 is 0 Å². The summed E-state index contributed by atoms with van der Waals surface area (Å²) in [5.41, 5.74) is 0. The molecule has 2 saturated carbocycles. The van der Waals surface area contributed by atoms with Gasteiger partial charge in [-0.1, -0.05) is 48.8 Å². The maximum atomic E-state index is 2.72. The third-order valence-corrected chi connectivity index (χ3v) is 5.77. The lowest BCUT2D eigenvalue weighted by atomic mass is 9.58. The number of fused-ring (bicyclic) bond motifs is 1. The lowest BCUT2D eigenvalue weighted by Crippen LogP contribution is -2.50. The SMILES string of the molecule is CC[C@]1(I)C[C@H]2CCCC[C@H]21. The van der Waals surface area contributed by atoms with Crippen LogP contribution >= 0.6 is 22.6 Å². The lowest BCUT2D eigenvalue weighted by molar-refractivity contribution is 0.0667.